The van der Waals surface area contributed by atoms with Crippen molar-refractivity contribution < 1.29 is 13.3 Å². The summed E-state index contributed by atoms with van der Waals surface area (Å²) in [5.41, 5.74) is 5.97. The molecule has 4 rings (SSSR count). The average molecular weight is 406 g/mol. The van der Waals surface area contributed by atoms with Gasteiger partial charge in [-0.05, 0) is 6.92 Å². The van der Waals surface area contributed by atoms with Crippen LogP contribution in [0.1, 0.15) is 5.69 Å². The van der Waals surface area contributed by atoms with Crippen molar-refractivity contribution >= 4 is 22.9 Å². The van der Waals surface area contributed by atoms with Crippen molar-refractivity contribution in [2.75, 3.05) is 32.1 Å². The minimum absolute atomic E-state index is 0.0985. The third kappa shape index (κ3) is 4.06. The number of halogens is 1. The second kappa shape index (κ2) is 8.51. The van der Waals surface area contributed by atoms with E-state index in [1.54, 1.807) is 14.0 Å². The van der Waals surface area contributed by atoms with Crippen LogP contribution in [0.25, 0.3) is 0 Å². The summed E-state index contributed by atoms with van der Waals surface area (Å²) >= 11 is 0. The Kier molecular flexibility index (Phi) is 6.08. The Morgan fingerprint density at radius 1 is 1.18 bits per heavy atom. The lowest BCUT2D eigenvalue weighted by Gasteiger charge is -2.28. The molecule has 150 valence electrons. The Morgan fingerprint density at radius 3 is 2.36 bits per heavy atom. The standard InChI is InChI=1S/C12H17FN6O2S.C6H6/c1-6-9(13)10(21-3)17-12(15-6)19-4-7-8(5-19)22(20)18(2)11(14)16-7;1-2-4-6-5-3-1/h7-8H,4-5H2,1-3H3,(H2,14,16);1-6H. The first-order chi connectivity index (χ1) is 13.4. The molecule has 0 bridgehead atoms. The average Bonchev–Trinajstić information content (AvgIpc) is 3.14. The van der Waals surface area contributed by atoms with Crippen molar-refractivity contribution in [3.8, 4) is 5.88 Å². The van der Waals surface area contributed by atoms with Crippen molar-refractivity contribution in [2.24, 2.45) is 10.7 Å². The Hall–Kier alpha value is -2.75. The van der Waals surface area contributed by atoms with Crippen LogP contribution in [0.2, 0.25) is 0 Å². The first-order valence-electron chi connectivity index (χ1n) is 8.73. The van der Waals surface area contributed by atoms with Gasteiger partial charge in [-0.3, -0.25) is 4.31 Å². The number of guanidine groups is 1. The summed E-state index contributed by atoms with van der Waals surface area (Å²) in [7, 11) is 1.75. The molecular weight excluding hydrogens is 383 g/mol. The Balaban J connectivity index is 0.000000320. The van der Waals surface area contributed by atoms with Crippen molar-refractivity contribution in [1.29, 1.82) is 0 Å². The number of fused-ring (bicyclic) bond motifs is 1. The number of benzene rings is 1. The van der Waals surface area contributed by atoms with Crippen molar-refractivity contribution in [3.05, 3.63) is 47.9 Å². The summed E-state index contributed by atoms with van der Waals surface area (Å²) in [4.78, 5) is 14.4. The molecule has 0 amide bonds. The Bertz CT molecular complexity index is 855. The van der Waals surface area contributed by atoms with Crippen LogP contribution < -0.4 is 15.4 Å². The van der Waals surface area contributed by atoms with E-state index >= 15 is 0 Å². The number of methoxy groups -OCH3 is 1. The normalized spacial score (nSPS) is 23.4. The van der Waals surface area contributed by atoms with E-state index in [2.05, 4.69) is 15.0 Å². The number of aliphatic imine (C=N–C) groups is 1. The maximum absolute atomic E-state index is 13.8. The lowest BCUT2D eigenvalue weighted by molar-refractivity contribution is 0.365. The molecule has 1 fully saturated rings. The highest BCUT2D eigenvalue weighted by atomic mass is 32.2. The number of ether oxygens (including phenoxy) is 1. The summed E-state index contributed by atoms with van der Waals surface area (Å²) in [6.07, 6.45) is 0. The van der Waals surface area contributed by atoms with E-state index in [1.807, 2.05) is 41.3 Å². The molecule has 0 saturated carbocycles. The van der Waals surface area contributed by atoms with Crippen LogP contribution in [0.3, 0.4) is 0 Å². The topological polar surface area (TPSA) is 96.9 Å². The first kappa shape index (κ1) is 20.0. The molecule has 0 spiro atoms. The molecule has 8 nitrogen and oxygen atoms in total. The fraction of sp³-hybridized carbons (Fsp3) is 0.389. The number of nitrogens with zero attached hydrogens (tertiary/aromatic N) is 5. The van der Waals surface area contributed by atoms with Crippen LogP contribution in [0.4, 0.5) is 10.3 Å². The smallest absolute Gasteiger partial charge is 0.255 e. The molecule has 28 heavy (non-hydrogen) atoms. The second-order valence-electron chi connectivity index (χ2n) is 6.36. The van der Waals surface area contributed by atoms with Gasteiger partial charge >= 0.3 is 0 Å². The Morgan fingerprint density at radius 2 is 1.79 bits per heavy atom. The van der Waals surface area contributed by atoms with Crippen LogP contribution >= 0.6 is 0 Å². The van der Waals surface area contributed by atoms with Crippen LogP contribution in [0, 0.1) is 12.7 Å². The molecular formula is C18H23FN6O2S. The number of anilines is 1. The molecule has 0 radical (unpaired) electrons. The molecule has 3 atom stereocenters. The zero-order valence-corrected chi connectivity index (χ0v) is 16.8. The molecule has 0 aliphatic carbocycles. The summed E-state index contributed by atoms with van der Waals surface area (Å²) < 4.78 is 32.5. The summed E-state index contributed by atoms with van der Waals surface area (Å²) in [6, 6.07) is 11.8. The quantitative estimate of drug-likeness (QED) is 0.802. The Labute approximate surface area is 165 Å². The van der Waals surface area contributed by atoms with Gasteiger partial charge in [-0.15, -0.1) is 0 Å². The van der Waals surface area contributed by atoms with E-state index in [0.29, 0.717) is 19.0 Å². The maximum atomic E-state index is 13.8. The monoisotopic (exact) mass is 406 g/mol. The summed E-state index contributed by atoms with van der Waals surface area (Å²) in [5.74, 6) is -0.0686. The highest BCUT2D eigenvalue weighted by molar-refractivity contribution is 7.84. The number of aryl methyl sites for hydroxylation is 1. The zero-order chi connectivity index (χ0) is 20.3. The highest BCUT2D eigenvalue weighted by Crippen LogP contribution is 2.28. The first-order valence-corrected chi connectivity index (χ1v) is 9.90. The van der Waals surface area contributed by atoms with Gasteiger partial charge in [0.15, 0.2) is 0 Å². The molecule has 3 unspecified atom stereocenters. The maximum Gasteiger partial charge on any atom is 0.255 e. The van der Waals surface area contributed by atoms with E-state index in [0.717, 1.165) is 0 Å². The van der Waals surface area contributed by atoms with Gasteiger partial charge in [0.1, 0.15) is 11.0 Å². The van der Waals surface area contributed by atoms with E-state index in [4.69, 9.17) is 10.5 Å². The van der Waals surface area contributed by atoms with Crippen LogP contribution in [-0.4, -0.2) is 63.0 Å². The molecule has 2 aliphatic heterocycles. The number of aromatic nitrogens is 2. The minimum Gasteiger partial charge on any atom is -0.479 e. The van der Waals surface area contributed by atoms with Gasteiger partial charge in [0.2, 0.25) is 17.7 Å². The highest BCUT2D eigenvalue weighted by Gasteiger charge is 2.43. The third-order valence-corrected chi connectivity index (χ3v) is 6.21. The number of nitrogens with two attached hydrogens (primary N) is 1. The molecule has 2 N–H and O–H groups in total. The van der Waals surface area contributed by atoms with E-state index < -0.39 is 16.8 Å². The van der Waals surface area contributed by atoms with E-state index in [1.165, 1.54) is 11.4 Å². The SMILES string of the molecule is COc1nc(N2CC3N=C(N)N(C)S(=O)C3C2)nc(C)c1F.c1ccccc1. The van der Waals surface area contributed by atoms with Gasteiger partial charge in [-0.1, -0.05) is 36.4 Å². The number of hydrogen-bond acceptors (Lipinski definition) is 7. The minimum atomic E-state index is -1.26. The molecule has 10 heteroatoms. The largest absolute Gasteiger partial charge is 0.479 e. The van der Waals surface area contributed by atoms with Crippen molar-refractivity contribution in [2.45, 2.75) is 18.2 Å². The fourth-order valence-corrected chi connectivity index (χ4v) is 4.33. The van der Waals surface area contributed by atoms with E-state index in [9.17, 15) is 8.60 Å². The van der Waals surface area contributed by atoms with Gasteiger partial charge in [0, 0.05) is 20.1 Å². The molecule has 2 aliphatic rings. The predicted molar refractivity (Wildman–Crippen MR) is 107 cm³/mol. The number of hydrogen-bond donors (Lipinski definition) is 1. The van der Waals surface area contributed by atoms with Crippen molar-refractivity contribution in [1.82, 2.24) is 14.3 Å². The second-order valence-corrected chi connectivity index (χ2v) is 8.06. The lowest BCUT2D eigenvalue weighted by Crippen LogP contribution is -2.48. The van der Waals surface area contributed by atoms with E-state index in [-0.39, 0.29) is 28.8 Å². The van der Waals surface area contributed by atoms with Crippen LogP contribution in [0.15, 0.2) is 41.4 Å². The molecule has 1 saturated heterocycles. The van der Waals surface area contributed by atoms with Crippen LogP contribution in [-0.2, 0) is 11.0 Å². The lowest BCUT2D eigenvalue weighted by atomic mass is 10.3. The van der Waals surface area contributed by atoms with Gasteiger partial charge < -0.3 is 15.4 Å². The third-order valence-electron chi connectivity index (χ3n) is 4.50. The zero-order valence-electron chi connectivity index (χ0n) is 15.9. The fourth-order valence-electron chi connectivity index (χ4n) is 2.97. The van der Waals surface area contributed by atoms with Gasteiger partial charge in [0.25, 0.3) is 5.88 Å². The number of rotatable bonds is 2. The molecule has 1 aromatic heterocycles. The van der Waals surface area contributed by atoms with Gasteiger partial charge in [-0.2, -0.15) is 9.37 Å². The molecule has 2 aromatic rings. The molecule has 3 heterocycles. The van der Waals surface area contributed by atoms with Crippen molar-refractivity contribution in [3.63, 3.8) is 0 Å². The predicted octanol–water partition coefficient (Wildman–Crippen LogP) is 1.10. The van der Waals surface area contributed by atoms with Gasteiger partial charge in [-0.25, -0.2) is 14.2 Å². The van der Waals surface area contributed by atoms with Crippen LogP contribution in [0.5, 0.6) is 5.88 Å². The molecule has 1 aromatic carbocycles. The summed E-state index contributed by atoms with van der Waals surface area (Å²) in [5, 5.41) is -0.183. The summed E-state index contributed by atoms with van der Waals surface area (Å²) in [6.45, 7) is 2.50. The van der Waals surface area contributed by atoms with Gasteiger partial charge in [0.05, 0.1) is 24.1 Å².